The summed E-state index contributed by atoms with van der Waals surface area (Å²) in [7, 11) is 0. The molecule has 4 N–H and O–H groups in total. The van der Waals surface area contributed by atoms with Gasteiger partial charge in [-0.1, -0.05) is 0 Å². The number of nitrogens with zero attached hydrogens (tertiary/aromatic N) is 2. The molecule has 0 spiro atoms. The number of halogens is 3. The van der Waals surface area contributed by atoms with Crippen LogP contribution in [0.2, 0.25) is 0 Å². The molecule has 8 nitrogen and oxygen atoms in total. The highest BCUT2D eigenvalue weighted by atomic mass is 19.4. The number of carbonyl (C=O) groups excluding carboxylic acids is 1. The van der Waals surface area contributed by atoms with Crippen LogP contribution in [0.1, 0.15) is 34.7 Å². The maximum Gasteiger partial charge on any atom is 0.490 e. The molecule has 166 valence electrons. The van der Waals surface area contributed by atoms with Gasteiger partial charge in [-0.3, -0.25) is 4.79 Å². The third kappa shape index (κ3) is 5.23. The maximum atomic E-state index is 12.5. The van der Waals surface area contributed by atoms with Crippen molar-refractivity contribution in [3.63, 3.8) is 0 Å². The molecule has 0 fully saturated rings. The Hall–Kier alpha value is -3.34. The lowest BCUT2D eigenvalue weighted by molar-refractivity contribution is -0.192. The minimum Gasteiger partial charge on any atom is -0.475 e. The van der Waals surface area contributed by atoms with Gasteiger partial charge in [0.1, 0.15) is 11.3 Å². The second-order valence-electron chi connectivity index (χ2n) is 6.99. The van der Waals surface area contributed by atoms with E-state index in [0.717, 1.165) is 36.2 Å². The van der Waals surface area contributed by atoms with Crippen LogP contribution >= 0.6 is 0 Å². The van der Waals surface area contributed by atoms with E-state index in [1.165, 1.54) is 11.3 Å². The van der Waals surface area contributed by atoms with Crippen molar-refractivity contribution in [1.82, 2.24) is 25.2 Å². The smallest absolute Gasteiger partial charge is 0.475 e. The lowest BCUT2D eigenvalue weighted by Gasteiger charge is -2.24. The number of H-pyrrole nitrogens is 1. The van der Waals surface area contributed by atoms with E-state index in [0.29, 0.717) is 12.6 Å². The van der Waals surface area contributed by atoms with E-state index in [9.17, 15) is 18.0 Å². The Morgan fingerprint density at radius 1 is 1.32 bits per heavy atom. The molecule has 0 radical (unpaired) electrons. The molecule has 3 aromatic rings. The van der Waals surface area contributed by atoms with Gasteiger partial charge < -0.3 is 25.3 Å². The number of hydrogen-bond donors (Lipinski definition) is 4. The van der Waals surface area contributed by atoms with Crippen LogP contribution in [0.25, 0.3) is 11.0 Å². The molecule has 1 amide bonds. The Labute approximate surface area is 175 Å². The molecule has 4 rings (SSSR count). The molecule has 11 heteroatoms. The normalized spacial score (nSPS) is 15.7. The van der Waals surface area contributed by atoms with Gasteiger partial charge in [0.05, 0.1) is 0 Å². The molecular formula is C20H22F3N5O3. The van der Waals surface area contributed by atoms with E-state index in [4.69, 9.17) is 9.90 Å². The van der Waals surface area contributed by atoms with Gasteiger partial charge in [0.25, 0.3) is 5.91 Å². The summed E-state index contributed by atoms with van der Waals surface area (Å²) in [6.07, 6.45) is -0.560. The van der Waals surface area contributed by atoms with Gasteiger partial charge in [0.15, 0.2) is 0 Å². The summed E-state index contributed by atoms with van der Waals surface area (Å²) in [6, 6.07) is 8.23. The van der Waals surface area contributed by atoms with Gasteiger partial charge >= 0.3 is 12.1 Å². The van der Waals surface area contributed by atoms with Crippen LogP contribution in [0, 0.1) is 0 Å². The fourth-order valence-electron chi connectivity index (χ4n) is 3.43. The number of aromatic amines is 1. The van der Waals surface area contributed by atoms with Gasteiger partial charge in [-0.15, -0.1) is 0 Å². The lowest BCUT2D eigenvalue weighted by atomic mass is 10.1. The summed E-state index contributed by atoms with van der Waals surface area (Å²) in [5.74, 6) is -2.76. The van der Waals surface area contributed by atoms with Crippen molar-refractivity contribution >= 4 is 22.9 Å². The number of amides is 1. The largest absolute Gasteiger partial charge is 0.490 e. The molecule has 1 aliphatic heterocycles. The van der Waals surface area contributed by atoms with E-state index in [1.807, 2.05) is 30.5 Å². The SMILES string of the molecule is CC1NCCn2c(C(=O)NCCc3c[nH]c4ncccc34)ccc21.O=C(O)C(F)(F)F. The number of hydrogen-bond acceptors (Lipinski definition) is 4. The van der Waals surface area contributed by atoms with Crippen molar-refractivity contribution in [3.8, 4) is 0 Å². The Morgan fingerprint density at radius 3 is 2.77 bits per heavy atom. The third-order valence-electron chi connectivity index (χ3n) is 4.94. The first-order valence-electron chi connectivity index (χ1n) is 9.60. The molecule has 1 aliphatic rings. The van der Waals surface area contributed by atoms with Crippen LogP contribution in [0.3, 0.4) is 0 Å². The zero-order chi connectivity index (χ0) is 22.6. The molecule has 1 atom stereocenters. The van der Waals surface area contributed by atoms with Crippen molar-refractivity contribution in [2.75, 3.05) is 13.1 Å². The summed E-state index contributed by atoms with van der Waals surface area (Å²) in [6.45, 7) is 4.46. The van der Waals surface area contributed by atoms with Gasteiger partial charge in [-0.25, -0.2) is 9.78 Å². The molecule has 0 saturated carbocycles. The van der Waals surface area contributed by atoms with Crippen molar-refractivity contribution in [3.05, 3.63) is 53.6 Å². The average molecular weight is 437 g/mol. The van der Waals surface area contributed by atoms with Crippen LogP contribution in [0.4, 0.5) is 13.2 Å². The number of carbonyl (C=O) groups is 2. The molecule has 0 saturated heterocycles. The number of pyridine rings is 1. The second kappa shape index (κ2) is 9.21. The van der Waals surface area contributed by atoms with Crippen LogP contribution < -0.4 is 10.6 Å². The number of alkyl halides is 3. The molecule has 3 aromatic heterocycles. The van der Waals surface area contributed by atoms with Crippen molar-refractivity contribution in [2.45, 2.75) is 32.1 Å². The number of aromatic nitrogens is 3. The molecule has 0 aromatic carbocycles. The number of carboxylic acids is 1. The molecule has 31 heavy (non-hydrogen) atoms. The number of nitrogens with one attached hydrogen (secondary N) is 3. The first kappa shape index (κ1) is 22.3. The fourth-order valence-corrected chi connectivity index (χ4v) is 3.43. The fraction of sp³-hybridized carbons (Fsp3) is 0.350. The van der Waals surface area contributed by atoms with E-state index >= 15 is 0 Å². The summed E-state index contributed by atoms with van der Waals surface area (Å²) in [5.41, 5.74) is 3.99. The Balaban J connectivity index is 0.000000339. The van der Waals surface area contributed by atoms with E-state index in [1.54, 1.807) is 6.20 Å². The van der Waals surface area contributed by atoms with Gasteiger partial charge in [-0.2, -0.15) is 13.2 Å². The van der Waals surface area contributed by atoms with Crippen molar-refractivity contribution in [2.24, 2.45) is 0 Å². The predicted molar refractivity (Wildman–Crippen MR) is 107 cm³/mol. The van der Waals surface area contributed by atoms with Crippen LogP contribution in [-0.4, -0.2) is 50.8 Å². The molecule has 0 bridgehead atoms. The van der Waals surface area contributed by atoms with Gasteiger partial charge in [-0.05, 0) is 43.2 Å². The van der Waals surface area contributed by atoms with Crippen molar-refractivity contribution < 1.29 is 27.9 Å². The van der Waals surface area contributed by atoms with Crippen LogP contribution in [-0.2, 0) is 17.8 Å². The van der Waals surface area contributed by atoms with E-state index in [2.05, 4.69) is 32.1 Å². The first-order valence-corrected chi connectivity index (χ1v) is 9.60. The molecule has 1 unspecified atom stereocenters. The molecule has 4 heterocycles. The highest BCUT2D eigenvalue weighted by molar-refractivity contribution is 5.93. The summed E-state index contributed by atoms with van der Waals surface area (Å²) in [4.78, 5) is 28.9. The number of carboxylic acid groups (broad SMARTS) is 1. The molecular weight excluding hydrogens is 415 g/mol. The number of aliphatic carboxylic acids is 1. The monoisotopic (exact) mass is 437 g/mol. The van der Waals surface area contributed by atoms with Gasteiger partial charge in [0, 0.05) is 49.1 Å². The minimum absolute atomic E-state index is 0.00619. The zero-order valence-electron chi connectivity index (χ0n) is 16.7. The van der Waals surface area contributed by atoms with E-state index < -0.39 is 12.1 Å². The topological polar surface area (TPSA) is 112 Å². The molecule has 0 aliphatic carbocycles. The Bertz CT molecular complexity index is 1070. The maximum absolute atomic E-state index is 12.5. The number of fused-ring (bicyclic) bond motifs is 2. The minimum atomic E-state index is -5.08. The first-order chi connectivity index (χ1) is 14.7. The lowest BCUT2D eigenvalue weighted by Crippen LogP contribution is -2.35. The summed E-state index contributed by atoms with van der Waals surface area (Å²) >= 11 is 0. The Kier molecular flexibility index (Phi) is 6.64. The predicted octanol–water partition coefficient (Wildman–Crippen LogP) is 2.63. The standard InChI is InChI=1S/C18H21N5O.C2HF3O2/c1-12-15-4-5-16(23(15)10-9-19-12)18(24)21-8-6-13-11-22-17-14(13)3-2-7-20-17;3-2(4,5)1(6)7/h2-5,7,11-12,19H,6,8-10H2,1H3,(H,20,22)(H,21,24);(H,6,7). The number of rotatable bonds is 4. The third-order valence-corrected chi connectivity index (χ3v) is 4.94. The Morgan fingerprint density at radius 2 is 2.06 bits per heavy atom. The van der Waals surface area contributed by atoms with E-state index in [-0.39, 0.29) is 5.91 Å². The van der Waals surface area contributed by atoms with Crippen LogP contribution in [0.15, 0.2) is 36.7 Å². The van der Waals surface area contributed by atoms with Crippen molar-refractivity contribution in [1.29, 1.82) is 0 Å². The van der Waals surface area contributed by atoms with Gasteiger partial charge in [0.2, 0.25) is 0 Å². The zero-order valence-corrected chi connectivity index (χ0v) is 16.7. The quantitative estimate of drug-likeness (QED) is 0.501. The average Bonchev–Trinajstić information content (AvgIpc) is 3.33. The van der Waals surface area contributed by atoms with Crippen LogP contribution in [0.5, 0.6) is 0 Å². The highest BCUT2D eigenvalue weighted by Gasteiger charge is 2.38. The second-order valence-corrected chi connectivity index (χ2v) is 6.99. The summed E-state index contributed by atoms with van der Waals surface area (Å²) in [5, 5.41) is 14.7. The summed E-state index contributed by atoms with van der Waals surface area (Å²) < 4.78 is 33.9. The highest BCUT2D eigenvalue weighted by Crippen LogP contribution is 2.20.